The summed E-state index contributed by atoms with van der Waals surface area (Å²) in [6, 6.07) is 4.25. The van der Waals surface area contributed by atoms with E-state index in [0.717, 1.165) is 30.2 Å². The molecular weight excluding hydrogens is 368 g/mol. The Morgan fingerprint density at radius 2 is 2.04 bits per heavy atom. The molecule has 1 saturated carbocycles. The SMILES string of the molecule is CC(C)CSc1cccn2c(C(C)(C)N(C)C(=O)C3[C@H]4CN(C)C[C@@H]34)ncc12. The smallest absolute Gasteiger partial charge is 0.226 e. The van der Waals surface area contributed by atoms with Crippen LogP contribution >= 0.6 is 11.8 Å². The van der Waals surface area contributed by atoms with Crippen LogP contribution in [-0.2, 0) is 10.3 Å². The number of imidazole rings is 1. The third-order valence-electron chi connectivity index (χ3n) is 6.48. The number of hydrogen-bond acceptors (Lipinski definition) is 4. The molecule has 1 aliphatic carbocycles. The second-order valence-corrected chi connectivity index (χ2v) is 10.5. The number of carbonyl (C=O) groups excluding carboxylic acids is 1. The minimum absolute atomic E-state index is 0.198. The van der Waals surface area contributed by atoms with Crippen LogP contribution in [0.15, 0.2) is 29.4 Å². The standard InChI is InChI=1S/C22H32N4OS/c1-14(2)13-28-18-8-7-9-26-17(18)10-23-21(26)22(3,4)25(6)20(27)19-15-11-24(5)12-16(15)19/h7-10,14-16,19H,11-13H2,1-6H3/t15-,16+,19?. The summed E-state index contributed by atoms with van der Waals surface area (Å²) < 4.78 is 2.16. The maximum Gasteiger partial charge on any atom is 0.226 e. The number of carbonyl (C=O) groups is 1. The van der Waals surface area contributed by atoms with Gasteiger partial charge in [0.05, 0.1) is 17.3 Å². The van der Waals surface area contributed by atoms with Crippen LogP contribution in [-0.4, -0.2) is 58.0 Å². The summed E-state index contributed by atoms with van der Waals surface area (Å²) in [6.45, 7) is 10.8. The summed E-state index contributed by atoms with van der Waals surface area (Å²) in [4.78, 5) is 23.5. The van der Waals surface area contributed by atoms with Gasteiger partial charge in [0.1, 0.15) is 5.82 Å². The van der Waals surface area contributed by atoms with E-state index in [9.17, 15) is 4.79 Å². The Kier molecular flexibility index (Phi) is 4.99. The number of hydrogen-bond donors (Lipinski definition) is 0. The van der Waals surface area contributed by atoms with E-state index >= 15 is 0 Å². The highest BCUT2D eigenvalue weighted by molar-refractivity contribution is 7.99. The number of likely N-dealkylation sites (tertiary alicyclic amines) is 1. The largest absolute Gasteiger partial charge is 0.333 e. The minimum Gasteiger partial charge on any atom is -0.333 e. The van der Waals surface area contributed by atoms with Crippen molar-refractivity contribution in [3.8, 4) is 0 Å². The molecule has 2 aromatic heterocycles. The number of aromatic nitrogens is 2. The van der Waals surface area contributed by atoms with Crippen molar-refractivity contribution in [3.63, 3.8) is 0 Å². The highest BCUT2D eigenvalue weighted by Gasteiger charge is 2.60. The van der Waals surface area contributed by atoms with Crippen LogP contribution < -0.4 is 0 Å². The number of rotatable bonds is 6. The average molecular weight is 401 g/mol. The average Bonchev–Trinajstić information content (AvgIpc) is 2.98. The Labute approximate surface area is 172 Å². The Morgan fingerprint density at radius 3 is 2.68 bits per heavy atom. The van der Waals surface area contributed by atoms with Gasteiger partial charge in [-0.1, -0.05) is 13.8 Å². The van der Waals surface area contributed by atoms with Gasteiger partial charge in [-0.3, -0.25) is 4.79 Å². The lowest BCUT2D eigenvalue weighted by atomic mass is 10.0. The van der Waals surface area contributed by atoms with Gasteiger partial charge in [0.2, 0.25) is 5.91 Å². The van der Waals surface area contributed by atoms with Crippen LogP contribution in [0.1, 0.15) is 33.5 Å². The lowest BCUT2D eigenvalue weighted by Crippen LogP contribution is -2.45. The predicted octanol–water partition coefficient (Wildman–Crippen LogP) is 3.58. The molecule has 3 atom stereocenters. The van der Waals surface area contributed by atoms with E-state index in [0.29, 0.717) is 17.8 Å². The molecule has 2 fully saturated rings. The first-order valence-corrected chi connectivity index (χ1v) is 11.3. The van der Waals surface area contributed by atoms with Crippen LogP contribution in [0.25, 0.3) is 5.52 Å². The van der Waals surface area contributed by atoms with E-state index < -0.39 is 5.54 Å². The van der Waals surface area contributed by atoms with Gasteiger partial charge >= 0.3 is 0 Å². The van der Waals surface area contributed by atoms with Gasteiger partial charge in [0.25, 0.3) is 0 Å². The molecule has 3 heterocycles. The van der Waals surface area contributed by atoms with Crippen molar-refractivity contribution >= 4 is 23.2 Å². The monoisotopic (exact) mass is 400 g/mol. The summed E-state index contributed by atoms with van der Waals surface area (Å²) >= 11 is 1.88. The molecule has 0 radical (unpaired) electrons. The van der Waals surface area contributed by atoms with E-state index in [4.69, 9.17) is 4.98 Å². The van der Waals surface area contributed by atoms with Gasteiger partial charge in [-0.2, -0.15) is 0 Å². The molecule has 1 amide bonds. The minimum atomic E-state index is -0.465. The van der Waals surface area contributed by atoms with Crippen molar-refractivity contribution in [2.24, 2.45) is 23.7 Å². The van der Waals surface area contributed by atoms with Gasteiger partial charge in [-0.25, -0.2) is 4.98 Å². The third kappa shape index (κ3) is 3.24. The quantitative estimate of drug-likeness (QED) is 0.695. The number of fused-ring (bicyclic) bond motifs is 2. The summed E-state index contributed by atoms with van der Waals surface area (Å²) in [5, 5.41) is 0. The summed E-state index contributed by atoms with van der Waals surface area (Å²) in [6.07, 6.45) is 4.02. The van der Waals surface area contributed by atoms with Crippen molar-refractivity contribution in [2.45, 2.75) is 38.1 Å². The molecule has 152 valence electrons. The van der Waals surface area contributed by atoms with E-state index in [1.165, 1.54) is 4.90 Å². The molecule has 6 heteroatoms. The third-order valence-corrected chi connectivity index (χ3v) is 7.97. The molecule has 4 rings (SSSR count). The zero-order chi connectivity index (χ0) is 20.2. The molecule has 5 nitrogen and oxygen atoms in total. The van der Waals surface area contributed by atoms with E-state index in [2.05, 4.69) is 62.4 Å². The Morgan fingerprint density at radius 1 is 1.36 bits per heavy atom. The van der Waals surface area contributed by atoms with Crippen LogP contribution in [0, 0.1) is 23.7 Å². The maximum atomic E-state index is 13.2. The lowest BCUT2D eigenvalue weighted by molar-refractivity contribution is -0.137. The highest BCUT2D eigenvalue weighted by atomic mass is 32.2. The first-order valence-electron chi connectivity index (χ1n) is 10.3. The van der Waals surface area contributed by atoms with Gasteiger partial charge in [0, 0.05) is 42.9 Å². The Hall–Kier alpha value is -1.53. The van der Waals surface area contributed by atoms with Gasteiger partial charge in [0.15, 0.2) is 0 Å². The molecule has 0 bridgehead atoms. The normalized spacial score (nSPS) is 24.8. The van der Waals surface area contributed by atoms with E-state index in [-0.39, 0.29) is 11.8 Å². The van der Waals surface area contributed by atoms with Gasteiger partial charge in [-0.15, -0.1) is 11.8 Å². The molecule has 1 aliphatic heterocycles. The fourth-order valence-electron chi connectivity index (χ4n) is 4.58. The van der Waals surface area contributed by atoms with E-state index in [1.807, 2.05) is 29.9 Å². The van der Waals surface area contributed by atoms with Gasteiger partial charge < -0.3 is 14.2 Å². The Bertz CT molecular complexity index is 878. The number of thioether (sulfide) groups is 1. The highest BCUT2D eigenvalue weighted by Crippen LogP contribution is 2.52. The summed E-state index contributed by atoms with van der Waals surface area (Å²) in [5.41, 5.74) is 0.662. The second kappa shape index (κ2) is 7.06. The van der Waals surface area contributed by atoms with Crippen molar-refractivity contribution in [3.05, 3.63) is 30.4 Å². The fourth-order valence-corrected chi connectivity index (χ4v) is 5.57. The number of nitrogens with zero attached hydrogens (tertiary/aromatic N) is 4. The van der Waals surface area contributed by atoms with Crippen LogP contribution in [0.3, 0.4) is 0 Å². The number of amides is 1. The molecule has 1 saturated heterocycles. The van der Waals surface area contributed by atoms with Crippen molar-refractivity contribution in [2.75, 3.05) is 32.9 Å². The fraction of sp³-hybridized carbons (Fsp3) is 0.636. The van der Waals surface area contributed by atoms with Crippen LogP contribution in [0.4, 0.5) is 0 Å². The predicted molar refractivity (Wildman–Crippen MR) is 115 cm³/mol. The van der Waals surface area contributed by atoms with E-state index in [1.54, 1.807) is 0 Å². The van der Waals surface area contributed by atoms with Crippen molar-refractivity contribution in [1.82, 2.24) is 19.2 Å². The van der Waals surface area contributed by atoms with Crippen LogP contribution in [0.5, 0.6) is 0 Å². The summed E-state index contributed by atoms with van der Waals surface area (Å²) in [7, 11) is 4.09. The second-order valence-electron chi connectivity index (χ2n) is 9.45. The molecule has 0 spiro atoms. The Balaban J connectivity index is 1.58. The zero-order valence-corrected chi connectivity index (χ0v) is 18.7. The first kappa shape index (κ1) is 19.8. The summed E-state index contributed by atoms with van der Waals surface area (Å²) in [5.74, 6) is 4.22. The zero-order valence-electron chi connectivity index (χ0n) is 17.8. The molecule has 2 aliphatic rings. The van der Waals surface area contributed by atoms with Crippen molar-refractivity contribution < 1.29 is 4.79 Å². The maximum absolute atomic E-state index is 13.2. The molecule has 0 aromatic carbocycles. The molecule has 0 N–H and O–H groups in total. The molecule has 28 heavy (non-hydrogen) atoms. The molecule has 1 unspecified atom stereocenters. The van der Waals surface area contributed by atoms with Crippen molar-refractivity contribution in [1.29, 1.82) is 0 Å². The first-order chi connectivity index (χ1) is 13.2. The van der Waals surface area contributed by atoms with Crippen LogP contribution in [0.2, 0.25) is 0 Å². The lowest BCUT2D eigenvalue weighted by Gasteiger charge is -2.35. The number of pyridine rings is 1. The molecule has 2 aromatic rings. The number of piperidine rings is 1. The topological polar surface area (TPSA) is 40.9 Å². The van der Waals surface area contributed by atoms with Gasteiger partial charge in [-0.05, 0) is 50.8 Å². The molecular formula is C22H32N4OS.